The predicted octanol–water partition coefficient (Wildman–Crippen LogP) is 6.42. The van der Waals surface area contributed by atoms with Crippen LogP contribution in [0.1, 0.15) is 68.9 Å². The zero-order chi connectivity index (χ0) is 31.1. The molecule has 0 radical (unpaired) electrons. The third kappa shape index (κ3) is 6.97. The van der Waals surface area contributed by atoms with Crippen LogP contribution in [0.2, 0.25) is 0 Å². The molecule has 0 aliphatic carbocycles. The van der Waals surface area contributed by atoms with E-state index in [0.29, 0.717) is 17.9 Å². The maximum Gasteiger partial charge on any atom is 0.306 e. The lowest BCUT2D eigenvalue weighted by molar-refractivity contribution is -0.140. The van der Waals surface area contributed by atoms with Crippen molar-refractivity contribution in [2.45, 2.75) is 57.8 Å². The maximum absolute atomic E-state index is 13.3. The SMILES string of the molecule is CCCCCCCCOc1ccc([C@H](CC(=O)OC)c2c(O)cc(O)c3c(=O)c(O)c(-c4ccc(O)c(O)c4)oc23)cc1. The Hall–Kier alpha value is -4.86. The molecule has 0 bridgehead atoms. The van der Waals surface area contributed by atoms with Crippen LogP contribution in [-0.4, -0.2) is 45.2 Å². The third-order valence-corrected chi connectivity index (χ3v) is 7.37. The highest BCUT2D eigenvalue weighted by Crippen LogP contribution is 2.45. The van der Waals surface area contributed by atoms with Crippen molar-refractivity contribution in [3.05, 3.63) is 69.9 Å². The van der Waals surface area contributed by atoms with Gasteiger partial charge in [-0.1, -0.05) is 51.2 Å². The van der Waals surface area contributed by atoms with E-state index in [1.54, 1.807) is 24.3 Å². The Labute approximate surface area is 248 Å². The first-order valence-corrected chi connectivity index (χ1v) is 14.2. The molecule has 43 heavy (non-hydrogen) atoms. The van der Waals surface area contributed by atoms with E-state index in [-0.39, 0.29) is 28.9 Å². The van der Waals surface area contributed by atoms with Crippen LogP contribution in [-0.2, 0) is 9.53 Å². The maximum atomic E-state index is 13.3. The summed E-state index contributed by atoms with van der Waals surface area (Å²) >= 11 is 0. The number of phenolic OH excluding ortho intramolecular Hbond substituents is 4. The number of esters is 1. The van der Waals surface area contributed by atoms with E-state index < -0.39 is 51.4 Å². The molecule has 5 N–H and O–H groups in total. The highest BCUT2D eigenvalue weighted by Gasteiger charge is 2.30. The van der Waals surface area contributed by atoms with Crippen LogP contribution in [0.4, 0.5) is 0 Å². The summed E-state index contributed by atoms with van der Waals surface area (Å²) in [5.41, 5.74) is -0.686. The molecule has 0 saturated heterocycles. The second kappa shape index (κ2) is 13.9. The van der Waals surface area contributed by atoms with E-state index in [1.165, 1.54) is 38.9 Å². The first-order chi connectivity index (χ1) is 20.7. The minimum Gasteiger partial charge on any atom is -0.507 e. The van der Waals surface area contributed by atoms with Crippen LogP contribution < -0.4 is 10.2 Å². The highest BCUT2D eigenvalue weighted by molar-refractivity contribution is 5.92. The minimum absolute atomic E-state index is 0.000276. The molecule has 1 atom stereocenters. The van der Waals surface area contributed by atoms with Crippen LogP contribution in [0, 0.1) is 0 Å². The quantitative estimate of drug-likeness (QED) is 0.0664. The van der Waals surface area contributed by atoms with Crippen molar-refractivity contribution in [3.63, 3.8) is 0 Å². The van der Waals surface area contributed by atoms with Crippen molar-refractivity contribution in [1.29, 1.82) is 0 Å². The molecule has 4 aromatic rings. The fourth-order valence-electron chi connectivity index (χ4n) is 5.05. The number of hydrogen-bond donors (Lipinski definition) is 5. The van der Waals surface area contributed by atoms with Crippen molar-refractivity contribution in [2.24, 2.45) is 0 Å². The van der Waals surface area contributed by atoms with Gasteiger partial charge in [0.2, 0.25) is 11.2 Å². The van der Waals surface area contributed by atoms with Gasteiger partial charge in [0, 0.05) is 23.1 Å². The Morgan fingerprint density at radius 3 is 2.21 bits per heavy atom. The van der Waals surface area contributed by atoms with E-state index in [4.69, 9.17) is 13.9 Å². The first-order valence-electron chi connectivity index (χ1n) is 14.2. The zero-order valence-electron chi connectivity index (χ0n) is 24.1. The number of carbonyl (C=O) groups excluding carboxylic acids is 1. The van der Waals surface area contributed by atoms with Gasteiger partial charge in [-0.2, -0.15) is 0 Å². The largest absolute Gasteiger partial charge is 0.507 e. The van der Waals surface area contributed by atoms with E-state index in [1.807, 2.05) is 0 Å². The molecule has 228 valence electrons. The normalized spacial score (nSPS) is 11.9. The van der Waals surface area contributed by atoms with Gasteiger partial charge < -0.3 is 39.4 Å². The van der Waals surface area contributed by atoms with E-state index in [0.717, 1.165) is 31.0 Å². The lowest BCUT2D eigenvalue weighted by Crippen LogP contribution is -2.12. The molecule has 0 amide bonds. The number of aromatic hydroxyl groups is 5. The minimum atomic E-state index is -1.00. The summed E-state index contributed by atoms with van der Waals surface area (Å²) < 4.78 is 16.7. The van der Waals surface area contributed by atoms with Crippen LogP contribution in [0.5, 0.6) is 34.5 Å². The number of unbranched alkanes of at least 4 members (excludes halogenated alkanes) is 5. The fraction of sp³-hybridized carbons (Fsp3) is 0.333. The van der Waals surface area contributed by atoms with Crippen LogP contribution >= 0.6 is 0 Å². The van der Waals surface area contributed by atoms with Gasteiger partial charge in [0.05, 0.1) is 20.1 Å². The molecule has 1 aromatic heterocycles. The Balaban J connectivity index is 1.76. The fourth-order valence-corrected chi connectivity index (χ4v) is 5.05. The average molecular weight is 593 g/mol. The molecule has 1 heterocycles. The Morgan fingerprint density at radius 2 is 1.53 bits per heavy atom. The molecule has 3 aromatic carbocycles. The molecule has 0 spiro atoms. The second-order valence-corrected chi connectivity index (χ2v) is 10.4. The Bertz CT molecular complexity index is 1640. The molecule has 0 aliphatic rings. The van der Waals surface area contributed by atoms with Gasteiger partial charge in [-0.15, -0.1) is 0 Å². The van der Waals surface area contributed by atoms with E-state index in [2.05, 4.69) is 6.92 Å². The summed E-state index contributed by atoms with van der Waals surface area (Å²) in [7, 11) is 1.22. The average Bonchev–Trinajstić information content (AvgIpc) is 2.99. The van der Waals surface area contributed by atoms with Crippen LogP contribution in [0.25, 0.3) is 22.3 Å². The monoisotopic (exact) mass is 592 g/mol. The first kappa shape index (κ1) is 31.1. The molecule has 0 unspecified atom stereocenters. The summed E-state index contributed by atoms with van der Waals surface area (Å²) in [6, 6.07) is 11.4. The second-order valence-electron chi connectivity index (χ2n) is 10.4. The number of carbonyl (C=O) groups is 1. The molecule has 4 rings (SSSR count). The predicted molar refractivity (Wildman–Crippen MR) is 160 cm³/mol. The summed E-state index contributed by atoms with van der Waals surface area (Å²) in [6.07, 6.45) is 6.55. The smallest absolute Gasteiger partial charge is 0.306 e. The molecule has 0 aliphatic heterocycles. The van der Waals surface area contributed by atoms with Gasteiger partial charge in [-0.25, -0.2) is 0 Å². The topological polar surface area (TPSA) is 167 Å². The third-order valence-electron chi connectivity index (χ3n) is 7.37. The van der Waals surface area contributed by atoms with E-state index >= 15 is 0 Å². The van der Waals surface area contributed by atoms with Gasteiger partial charge in [0.25, 0.3) is 0 Å². The Morgan fingerprint density at radius 1 is 0.837 bits per heavy atom. The van der Waals surface area contributed by atoms with Gasteiger partial charge in [-0.05, 0) is 42.3 Å². The van der Waals surface area contributed by atoms with Crippen molar-refractivity contribution in [1.82, 2.24) is 0 Å². The van der Waals surface area contributed by atoms with Gasteiger partial charge >= 0.3 is 5.97 Å². The summed E-state index contributed by atoms with van der Waals surface area (Å²) in [5.74, 6) is -4.20. The van der Waals surface area contributed by atoms with Crippen LogP contribution in [0.15, 0.2) is 57.7 Å². The van der Waals surface area contributed by atoms with Crippen LogP contribution in [0.3, 0.4) is 0 Å². The Kier molecular flexibility index (Phi) is 10.0. The molecular formula is C33H36O10. The number of fused-ring (bicyclic) bond motifs is 1. The van der Waals surface area contributed by atoms with Gasteiger partial charge in [0.15, 0.2) is 17.3 Å². The summed E-state index contributed by atoms with van der Waals surface area (Å²) in [6.45, 7) is 2.74. The molecule has 0 saturated carbocycles. The van der Waals surface area contributed by atoms with Gasteiger partial charge in [0.1, 0.15) is 28.2 Å². The van der Waals surface area contributed by atoms with Crippen molar-refractivity contribution in [3.8, 4) is 45.8 Å². The zero-order valence-corrected chi connectivity index (χ0v) is 24.1. The summed E-state index contributed by atoms with van der Waals surface area (Å²) in [4.78, 5) is 25.8. The lowest BCUT2D eigenvalue weighted by atomic mass is 9.86. The summed E-state index contributed by atoms with van der Waals surface area (Å²) in [5, 5.41) is 51.6. The number of ether oxygens (including phenoxy) is 2. The molecule has 10 nitrogen and oxygen atoms in total. The number of methoxy groups -OCH3 is 1. The van der Waals surface area contributed by atoms with Crippen molar-refractivity contribution >= 4 is 16.9 Å². The number of rotatable bonds is 13. The number of hydrogen-bond acceptors (Lipinski definition) is 10. The highest BCUT2D eigenvalue weighted by atomic mass is 16.5. The van der Waals surface area contributed by atoms with Gasteiger partial charge in [-0.3, -0.25) is 9.59 Å². The molecular weight excluding hydrogens is 556 g/mol. The standard InChI is InChI=1S/C33H36O10/c1-3-4-5-6-7-8-15-42-21-12-9-19(10-13-21)22(17-27(38)41-2)28-25(36)18-26(37)29-30(39)31(40)32(43-33(28)29)20-11-14-23(34)24(35)16-20/h9-14,16,18,22,34-37,40H,3-8,15,17H2,1-2H3/t22-/m0/s1. The van der Waals surface area contributed by atoms with Crippen molar-refractivity contribution in [2.75, 3.05) is 13.7 Å². The molecule has 10 heteroatoms. The van der Waals surface area contributed by atoms with Crippen molar-refractivity contribution < 1.29 is 44.2 Å². The number of phenols is 4. The number of benzene rings is 3. The van der Waals surface area contributed by atoms with E-state index in [9.17, 15) is 35.1 Å². The lowest BCUT2D eigenvalue weighted by Gasteiger charge is -2.21. The molecule has 0 fully saturated rings.